The van der Waals surface area contributed by atoms with E-state index in [-0.39, 0.29) is 5.97 Å². The number of esters is 1. The number of anilines is 2. The number of aromatic nitrogens is 1. The van der Waals surface area contributed by atoms with Crippen LogP contribution in [0, 0.1) is 0 Å². The van der Waals surface area contributed by atoms with Gasteiger partial charge in [0.25, 0.3) is 0 Å². The van der Waals surface area contributed by atoms with Crippen molar-refractivity contribution in [2.75, 3.05) is 23.8 Å². The second-order valence-electron chi connectivity index (χ2n) is 4.19. The Balaban J connectivity index is 2.86. The molecule has 0 bridgehead atoms. The summed E-state index contributed by atoms with van der Waals surface area (Å²) in [4.78, 5) is 15.9. The monoisotopic (exact) mass is 319 g/mol. The zero-order valence-electron chi connectivity index (χ0n) is 11.8. The molecule has 0 spiro atoms. The van der Waals surface area contributed by atoms with Crippen molar-refractivity contribution in [3.63, 3.8) is 0 Å². The molecule has 1 unspecified atom stereocenters. The van der Waals surface area contributed by atoms with Gasteiger partial charge in [-0.15, -0.1) is 0 Å². The lowest BCUT2D eigenvalue weighted by Gasteiger charge is -2.16. The topological polar surface area (TPSA) is 63.2 Å². The molecule has 1 rings (SSSR count). The van der Waals surface area contributed by atoms with Crippen LogP contribution in [0.5, 0.6) is 0 Å². The van der Waals surface area contributed by atoms with Crippen molar-refractivity contribution in [2.45, 2.75) is 33.2 Å². The van der Waals surface area contributed by atoms with E-state index in [0.717, 1.165) is 13.0 Å². The summed E-state index contributed by atoms with van der Waals surface area (Å²) in [5.74, 6) is 0.579. The number of halogens is 2. The maximum atomic E-state index is 11.6. The van der Waals surface area contributed by atoms with Crippen molar-refractivity contribution in [1.82, 2.24) is 4.98 Å². The molecule has 0 saturated carbocycles. The average Bonchev–Trinajstić information content (AvgIpc) is 2.40. The first-order valence-corrected chi connectivity index (χ1v) is 7.28. The van der Waals surface area contributed by atoms with Gasteiger partial charge in [-0.2, -0.15) is 0 Å². The molecular weight excluding hydrogens is 301 g/mol. The van der Waals surface area contributed by atoms with Gasteiger partial charge in [0.05, 0.1) is 16.7 Å². The van der Waals surface area contributed by atoms with E-state index in [9.17, 15) is 4.79 Å². The second-order valence-corrected chi connectivity index (χ2v) is 5.01. The summed E-state index contributed by atoms with van der Waals surface area (Å²) >= 11 is 12.1. The van der Waals surface area contributed by atoms with Crippen LogP contribution in [0.1, 0.15) is 27.2 Å². The third kappa shape index (κ3) is 4.72. The average molecular weight is 320 g/mol. The van der Waals surface area contributed by atoms with Crippen molar-refractivity contribution >= 4 is 40.8 Å². The van der Waals surface area contributed by atoms with Crippen LogP contribution in [0.3, 0.4) is 0 Å². The number of nitrogens with zero attached hydrogens (tertiary/aromatic N) is 1. The molecule has 2 N–H and O–H groups in total. The molecule has 0 radical (unpaired) electrons. The number of carbonyl (C=O) groups is 1. The third-order valence-electron chi connectivity index (χ3n) is 2.47. The van der Waals surface area contributed by atoms with Gasteiger partial charge in [-0.3, -0.25) is 0 Å². The number of nitrogens with one attached hydrogen (secondary N) is 2. The molecule has 1 heterocycles. The Labute approximate surface area is 129 Å². The minimum atomic E-state index is -0.542. The normalized spacial score (nSPS) is 11.8. The van der Waals surface area contributed by atoms with Gasteiger partial charge in [-0.1, -0.05) is 30.1 Å². The molecule has 0 aliphatic rings. The molecule has 0 aliphatic carbocycles. The summed E-state index contributed by atoms with van der Waals surface area (Å²) in [6.07, 6.45) is 0.947. The molecule has 1 atom stereocenters. The minimum absolute atomic E-state index is 0.329. The Kier molecular flexibility index (Phi) is 6.88. The predicted octanol–water partition coefficient (Wildman–Crippen LogP) is 3.57. The fourth-order valence-electron chi connectivity index (χ4n) is 1.47. The van der Waals surface area contributed by atoms with Crippen LogP contribution in [-0.4, -0.2) is 30.1 Å². The number of pyridine rings is 1. The lowest BCUT2D eigenvalue weighted by molar-refractivity contribution is -0.143. The highest BCUT2D eigenvalue weighted by Gasteiger charge is 2.17. The van der Waals surface area contributed by atoms with E-state index in [1.165, 1.54) is 0 Å². The first kappa shape index (κ1) is 16.9. The largest absolute Gasteiger partial charge is 0.464 e. The van der Waals surface area contributed by atoms with Gasteiger partial charge in [0.15, 0.2) is 0 Å². The molecule has 0 saturated heterocycles. The summed E-state index contributed by atoms with van der Waals surface area (Å²) in [6.45, 7) is 6.56. The number of ether oxygens (including phenoxy) is 1. The van der Waals surface area contributed by atoms with E-state index in [1.54, 1.807) is 19.9 Å². The first-order chi connectivity index (χ1) is 9.49. The maximum absolute atomic E-state index is 11.6. The van der Waals surface area contributed by atoms with Gasteiger partial charge in [0.2, 0.25) is 0 Å². The molecule has 0 amide bonds. The van der Waals surface area contributed by atoms with Crippen LogP contribution in [0.15, 0.2) is 6.07 Å². The first-order valence-electron chi connectivity index (χ1n) is 6.52. The third-order valence-corrected chi connectivity index (χ3v) is 3.04. The summed E-state index contributed by atoms with van der Waals surface area (Å²) < 4.78 is 4.92. The van der Waals surface area contributed by atoms with Crippen molar-refractivity contribution in [3.05, 3.63) is 16.1 Å². The van der Waals surface area contributed by atoms with Gasteiger partial charge >= 0.3 is 5.97 Å². The molecule has 0 fully saturated rings. The molecule has 1 aromatic rings. The van der Waals surface area contributed by atoms with E-state index in [1.807, 2.05) is 6.92 Å². The summed E-state index contributed by atoms with van der Waals surface area (Å²) in [5, 5.41) is 6.82. The van der Waals surface area contributed by atoms with E-state index >= 15 is 0 Å². The van der Waals surface area contributed by atoms with Crippen LogP contribution in [0.25, 0.3) is 0 Å². The van der Waals surface area contributed by atoms with Gasteiger partial charge in [-0.25, -0.2) is 9.78 Å². The van der Waals surface area contributed by atoms with Crippen molar-refractivity contribution in [2.24, 2.45) is 0 Å². The standard InChI is InChI=1S/C13H19Cl2N3O2/c1-4-6-16-11-9(14)7-10(15)12(18-11)17-8(3)13(19)20-5-2/h7-8H,4-6H2,1-3H3,(H2,16,17,18). The van der Waals surface area contributed by atoms with Crippen LogP contribution in [0.2, 0.25) is 10.0 Å². The zero-order chi connectivity index (χ0) is 15.1. The molecule has 7 heteroatoms. The Bertz CT molecular complexity index is 469. The summed E-state index contributed by atoms with van der Waals surface area (Å²) in [5.41, 5.74) is 0. The van der Waals surface area contributed by atoms with Gasteiger partial charge in [0.1, 0.15) is 17.7 Å². The van der Waals surface area contributed by atoms with Gasteiger partial charge in [-0.05, 0) is 26.3 Å². The van der Waals surface area contributed by atoms with Crippen LogP contribution in [-0.2, 0) is 9.53 Å². The number of carbonyl (C=O) groups excluding carboxylic acids is 1. The van der Waals surface area contributed by atoms with Crippen molar-refractivity contribution < 1.29 is 9.53 Å². The molecule has 0 aromatic carbocycles. The van der Waals surface area contributed by atoms with Crippen molar-refractivity contribution in [3.8, 4) is 0 Å². The van der Waals surface area contributed by atoms with Crippen LogP contribution in [0.4, 0.5) is 11.6 Å². The fourth-order valence-corrected chi connectivity index (χ4v) is 1.95. The molecule has 0 aliphatic heterocycles. The van der Waals surface area contributed by atoms with E-state index in [0.29, 0.717) is 28.3 Å². The highest BCUT2D eigenvalue weighted by atomic mass is 35.5. The number of hydrogen-bond donors (Lipinski definition) is 2. The Morgan fingerprint density at radius 2 is 2.00 bits per heavy atom. The predicted molar refractivity (Wildman–Crippen MR) is 82.8 cm³/mol. The molecule has 5 nitrogen and oxygen atoms in total. The molecule has 112 valence electrons. The number of hydrogen-bond acceptors (Lipinski definition) is 5. The minimum Gasteiger partial charge on any atom is -0.464 e. The van der Waals surface area contributed by atoms with Gasteiger partial charge in [0, 0.05) is 6.54 Å². The Hall–Kier alpha value is -1.20. The van der Waals surface area contributed by atoms with Gasteiger partial charge < -0.3 is 15.4 Å². The highest BCUT2D eigenvalue weighted by molar-refractivity contribution is 6.37. The number of rotatable bonds is 7. The van der Waals surface area contributed by atoms with E-state index < -0.39 is 6.04 Å². The van der Waals surface area contributed by atoms with E-state index in [4.69, 9.17) is 27.9 Å². The Morgan fingerprint density at radius 3 is 2.60 bits per heavy atom. The van der Waals surface area contributed by atoms with Crippen molar-refractivity contribution in [1.29, 1.82) is 0 Å². The summed E-state index contributed by atoms with van der Waals surface area (Å²) in [7, 11) is 0. The molecule has 20 heavy (non-hydrogen) atoms. The SMILES string of the molecule is CCCNc1nc(NC(C)C(=O)OCC)c(Cl)cc1Cl. The molecule has 1 aromatic heterocycles. The smallest absolute Gasteiger partial charge is 0.328 e. The second kappa shape index (κ2) is 8.17. The summed E-state index contributed by atoms with van der Waals surface area (Å²) in [6, 6.07) is 1.05. The van der Waals surface area contributed by atoms with Crippen LogP contribution < -0.4 is 10.6 Å². The lowest BCUT2D eigenvalue weighted by Crippen LogP contribution is -2.28. The van der Waals surface area contributed by atoms with Crippen LogP contribution >= 0.6 is 23.2 Å². The zero-order valence-corrected chi connectivity index (χ0v) is 13.3. The quantitative estimate of drug-likeness (QED) is 0.752. The Morgan fingerprint density at radius 1 is 1.35 bits per heavy atom. The molecular formula is C13H19Cl2N3O2. The highest BCUT2D eigenvalue weighted by Crippen LogP contribution is 2.29. The lowest BCUT2D eigenvalue weighted by atomic mass is 10.3. The fraction of sp³-hybridized carbons (Fsp3) is 0.538. The maximum Gasteiger partial charge on any atom is 0.328 e. The van der Waals surface area contributed by atoms with E-state index in [2.05, 4.69) is 15.6 Å².